The Morgan fingerprint density at radius 3 is 2.45 bits per heavy atom. The molecule has 0 bridgehead atoms. The van der Waals surface area contributed by atoms with Gasteiger partial charge in [-0.25, -0.2) is 9.59 Å². The number of H-pyrrole nitrogens is 1. The lowest BCUT2D eigenvalue weighted by molar-refractivity contribution is 0.121. The van der Waals surface area contributed by atoms with Crippen molar-refractivity contribution in [3.05, 3.63) is 70.1 Å². The third kappa shape index (κ3) is 3.28. The molecule has 7 nitrogen and oxygen atoms in total. The molecule has 2 atom stereocenters. The minimum Gasteiger partial charge on any atom is -0.444 e. The maximum absolute atomic E-state index is 12.7. The molecule has 0 unspecified atom stereocenters. The molecule has 158 valence electrons. The number of benzene rings is 2. The average molecular weight is 416 g/mol. The molecule has 7 heteroatoms. The SMILES string of the molecule is C[C@H]1OC(=O)N(C2CCC(n3c(=O)[nH]c4cc(C#N)ccc43)CC2)[C@H]1c1ccccc1. The first-order valence-corrected chi connectivity index (χ1v) is 10.7. The zero-order valence-corrected chi connectivity index (χ0v) is 17.3. The molecule has 2 aliphatic rings. The Balaban J connectivity index is 1.38. The number of fused-ring (bicyclic) bond motifs is 1. The van der Waals surface area contributed by atoms with Gasteiger partial charge in [-0.1, -0.05) is 30.3 Å². The van der Waals surface area contributed by atoms with E-state index >= 15 is 0 Å². The van der Waals surface area contributed by atoms with Crippen LogP contribution < -0.4 is 5.69 Å². The van der Waals surface area contributed by atoms with Crippen LogP contribution in [-0.2, 0) is 4.74 Å². The van der Waals surface area contributed by atoms with Gasteiger partial charge in [0.2, 0.25) is 0 Å². The summed E-state index contributed by atoms with van der Waals surface area (Å²) in [7, 11) is 0. The lowest BCUT2D eigenvalue weighted by atomic mass is 9.88. The first-order chi connectivity index (χ1) is 15.1. The predicted molar refractivity (Wildman–Crippen MR) is 116 cm³/mol. The van der Waals surface area contributed by atoms with Gasteiger partial charge in [-0.15, -0.1) is 0 Å². The Morgan fingerprint density at radius 1 is 1.03 bits per heavy atom. The molecule has 5 rings (SSSR count). The fourth-order valence-corrected chi connectivity index (χ4v) is 5.24. The van der Waals surface area contributed by atoms with Crippen molar-refractivity contribution >= 4 is 17.1 Å². The van der Waals surface area contributed by atoms with E-state index in [1.54, 1.807) is 12.1 Å². The van der Waals surface area contributed by atoms with Gasteiger partial charge in [0.15, 0.2) is 0 Å². The van der Waals surface area contributed by atoms with Crippen LogP contribution in [0, 0.1) is 11.3 Å². The highest BCUT2D eigenvalue weighted by Gasteiger charge is 2.44. The number of cyclic esters (lactones) is 1. The van der Waals surface area contributed by atoms with Gasteiger partial charge in [-0.2, -0.15) is 5.26 Å². The molecule has 2 heterocycles. The van der Waals surface area contributed by atoms with Gasteiger partial charge < -0.3 is 9.72 Å². The van der Waals surface area contributed by atoms with Crippen molar-refractivity contribution in [3.8, 4) is 6.07 Å². The summed E-state index contributed by atoms with van der Waals surface area (Å²) in [5, 5.41) is 9.11. The minimum atomic E-state index is -0.252. The van der Waals surface area contributed by atoms with Crippen molar-refractivity contribution in [1.82, 2.24) is 14.5 Å². The number of nitrogens with zero attached hydrogens (tertiary/aromatic N) is 3. The molecule has 31 heavy (non-hydrogen) atoms. The largest absolute Gasteiger partial charge is 0.444 e. The third-order valence-corrected chi connectivity index (χ3v) is 6.65. The number of aromatic nitrogens is 2. The molecule has 2 aromatic carbocycles. The molecule has 1 amide bonds. The second-order valence-corrected chi connectivity index (χ2v) is 8.46. The first kappa shape index (κ1) is 19.4. The normalized spacial score (nSPS) is 26.1. The summed E-state index contributed by atoms with van der Waals surface area (Å²) < 4.78 is 7.40. The molecule has 2 fully saturated rings. The number of nitrogens with one attached hydrogen (secondary N) is 1. The minimum absolute atomic E-state index is 0.0663. The quantitative estimate of drug-likeness (QED) is 0.690. The number of imidazole rings is 1. The van der Waals surface area contributed by atoms with Crippen LogP contribution in [-0.4, -0.2) is 32.7 Å². The summed E-state index contributed by atoms with van der Waals surface area (Å²) >= 11 is 0. The van der Waals surface area contributed by atoms with Crippen LogP contribution in [0.25, 0.3) is 11.0 Å². The van der Waals surface area contributed by atoms with Crippen molar-refractivity contribution in [3.63, 3.8) is 0 Å². The molecule has 1 aliphatic carbocycles. The molecule has 3 aromatic rings. The van der Waals surface area contributed by atoms with Gasteiger partial charge in [-0.3, -0.25) is 9.47 Å². The first-order valence-electron chi connectivity index (χ1n) is 10.7. The molecule has 1 aliphatic heterocycles. The maximum Gasteiger partial charge on any atom is 0.411 e. The molecular weight excluding hydrogens is 392 g/mol. The summed E-state index contributed by atoms with van der Waals surface area (Å²) in [6.45, 7) is 1.95. The van der Waals surface area contributed by atoms with Crippen LogP contribution in [0.5, 0.6) is 0 Å². The summed E-state index contributed by atoms with van der Waals surface area (Å²) in [4.78, 5) is 30.1. The lowest BCUT2D eigenvalue weighted by Crippen LogP contribution is -2.41. The van der Waals surface area contributed by atoms with E-state index in [0.717, 1.165) is 36.8 Å². The van der Waals surface area contributed by atoms with Gasteiger partial charge in [0.25, 0.3) is 0 Å². The van der Waals surface area contributed by atoms with Crippen molar-refractivity contribution in [2.45, 2.75) is 56.8 Å². The van der Waals surface area contributed by atoms with E-state index in [1.807, 2.05) is 52.8 Å². The number of hydrogen-bond acceptors (Lipinski definition) is 4. The van der Waals surface area contributed by atoms with E-state index < -0.39 is 0 Å². The van der Waals surface area contributed by atoms with Crippen LogP contribution in [0.15, 0.2) is 53.3 Å². The second kappa shape index (κ2) is 7.62. The monoisotopic (exact) mass is 416 g/mol. The fraction of sp³-hybridized carbons (Fsp3) is 0.375. The molecule has 0 spiro atoms. The highest BCUT2D eigenvalue weighted by molar-refractivity contribution is 5.77. The average Bonchev–Trinajstić information content (AvgIpc) is 3.28. The number of hydrogen-bond donors (Lipinski definition) is 1. The van der Waals surface area contributed by atoms with E-state index in [-0.39, 0.29) is 36.0 Å². The second-order valence-electron chi connectivity index (χ2n) is 8.46. The number of ether oxygens (including phenoxy) is 1. The number of carbonyl (C=O) groups excluding carboxylic acids is 1. The topological polar surface area (TPSA) is 91.1 Å². The van der Waals surface area contributed by atoms with E-state index in [1.165, 1.54) is 0 Å². The number of nitriles is 1. The number of carbonyl (C=O) groups is 1. The van der Waals surface area contributed by atoms with Gasteiger partial charge in [0.05, 0.1) is 28.7 Å². The summed E-state index contributed by atoms with van der Waals surface area (Å²) in [6.07, 6.45) is 2.78. The van der Waals surface area contributed by atoms with Gasteiger partial charge in [-0.05, 0) is 56.4 Å². The van der Waals surface area contributed by atoms with Crippen LogP contribution >= 0.6 is 0 Å². The van der Waals surface area contributed by atoms with Crippen molar-refractivity contribution in [2.75, 3.05) is 0 Å². The highest BCUT2D eigenvalue weighted by atomic mass is 16.6. The van der Waals surface area contributed by atoms with Crippen molar-refractivity contribution in [1.29, 1.82) is 5.26 Å². The van der Waals surface area contributed by atoms with E-state index in [4.69, 9.17) is 10.00 Å². The molecule has 1 aromatic heterocycles. The Bertz CT molecular complexity index is 1220. The maximum atomic E-state index is 12.7. The van der Waals surface area contributed by atoms with Crippen molar-refractivity contribution < 1.29 is 9.53 Å². The van der Waals surface area contributed by atoms with Crippen molar-refractivity contribution in [2.24, 2.45) is 0 Å². The van der Waals surface area contributed by atoms with Gasteiger partial charge in [0.1, 0.15) is 6.10 Å². The van der Waals surface area contributed by atoms with Crippen LogP contribution in [0.4, 0.5) is 4.79 Å². The smallest absolute Gasteiger partial charge is 0.411 e. The molecule has 1 N–H and O–H groups in total. The standard InChI is InChI=1S/C24H24N4O3/c1-15-22(17-5-3-2-4-6-17)28(24(30)31-15)19-10-8-18(9-11-19)27-21-12-7-16(14-25)13-20(21)26-23(27)29/h2-7,12-13,15,18-19,22H,8-11H2,1H3,(H,26,29)/t15-,18?,19?,22-/m1/s1. The summed E-state index contributed by atoms with van der Waals surface area (Å²) in [5.74, 6) is 0. The van der Waals surface area contributed by atoms with Crippen LogP contribution in [0.2, 0.25) is 0 Å². The summed E-state index contributed by atoms with van der Waals surface area (Å²) in [6, 6.07) is 17.5. The lowest BCUT2D eigenvalue weighted by Gasteiger charge is -2.37. The van der Waals surface area contributed by atoms with Gasteiger partial charge in [0, 0.05) is 12.1 Å². The zero-order valence-electron chi connectivity index (χ0n) is 17.3. The van der Waals surface area contributed by atoms with Gasteiger partial charge >= 0.3 is 11.8 Å². The number of rotatable bonds is 3. The molecule has 1 saturated carbocycles. The van der Waals surface area contributed by atoms with E-state index in [9.17, 15) is 9.59 Å². The number of amides is 1. The Morgan fingerprint density at radius 2 is 1.74 bits per heavy atom. The third-order valence-electron chi connectivity index (χ3n) is 6.65. The van der Waals surface area contributed by atoms with E-state index in [0.29, 0.717) is 11.1 Å². The Hall–Kier alpha value is -3.53. The Labute approximate surface area is 179 Å². The molecule has 0 radical (unpaired) electrons. The fourth-order valence-electron chi connectivity index (χ4n) is 5.24. The van der Waals surface area contributed by atoms with Crippen LogP contribution in [0.3, 0.4) is 0 Å². The van der Waals surface area contributed by atoms with Crippen LogP contribution in [0.1, 0.15) is 55.8 Å². The molecule has 1 saturated heterocycles. The zero-order chi connectivity index (χ0) is 21.5. The molecular formula is C24H24N4O3. The Kier molecular flexibility index (Phi) is 4.78. The van der Waals surface area contributed by atoms with E-state index in [2.05, 4.69) is 11.1 Å². The summed E-state index contributed by atoms with van der Waals surface area (Å²) in [5.41, 5.74) is 2.98. The predicted octanol–water partition coefficient (Wildman–Crippen LogP) is 4.27. The highest BCUT2D eigenvalue weighted by Crippen LogP contribution is 2.40. The number of aromatic amines is 1.